The summed E-state index contributed by atoms with van der Waals surface area (Å²) in [4.78, 5) is 18.1. The van der Waals surface area contributed by atoms with Crippen LogP contribution in [0.4, 0.5) is 0 Å². The maximum Gasteiger partial charge on any atom is 0.213 e. The summed E-state index contributed by atoms with van der Waals surface area (Å²) in [5.74, 6) is 0.637. The van der Waals surface area contributed by atoms with E-state index in [0.29, 0.717) is 24.0 Å². The highest BCUT2D eigenvalue weighted by atomic mass is 16.5. The van der Waals surface area contributed by atoms with E-state index in [1.807, 2.05) is 6.07 Å². The van der Waals surface area contributed by atoms with Gasteiger partial charge in [0.05, 0.1) is 6.61 Å². The van der Waals surface area contributed by atoms with Crippen LogP contribution in [-0.4, -0.2) is 46.8 Å². The lowest BCUT2D eigenvalue weighted by atomic mass is 9.97. The molecule has 0 atom stereocenters. The van der Waals surface area contributed by atoms with Crippen molar-refractivity contribution in [1.29, 1.82) is 0 Å². The lowest BCUT2D eigenvalue weighted by Crippen LogP contribution is -2.35. The van der Waals surface area contributed by atoms with Crippen LogP contribution in [0.25, 0.3) is 0 Å². The lowest BCUT2D eigenvalue weighted by molar-refractivity contribution is 0.106. The van der Waals surface area contributed by atoms with Crippen LogP contribution in [0.1, 0.15) is 28.8 Å². The van der Waals surface area contributed by atoms with Gasteiger partial charge >= 0.3 is 0 Å². The summed E-state index contributed by atoms with van der Waals surface area (Å²) >= 11 is 0. The van der Waals surface area contributed by atoms with Crippen LogP contribution in [0.3, 0.4) is 0 Å². The van der Waals surface area contributed by atoms with Gasteiger partial charge in [0.2, 0.25) is 11.7 Å². The number of nitrogens with zero attached hydrogens (tertiary/aromatic N) is 3. The molecular weight excluding hydrogens is 330 g/mol. The van der Waals surface area contributed by atoms with Crippen molar-refractivity contribution < 1.29 is 14.7 Å². The van der Waals surface area contributed by atoms with E-state index < -0.39 is 5.78 Å². The second-order valence-electron chi connectivity index (χ2n) is 6.51. The molecule has 1 saturated heterocycles. The van der Waals surface area contributed by atoms with Crippen molar-refractivity contribution in [2.45, 2.75) is 19.4 Å². The molecule has 0 unspecified atom stereocenters. The fourth-order valence-electron chi connectivity index (χ4n) is 3.09. The van der Waals surface area contributed by atoms with Crippen molar-refractivity contribution in [3.05, 3.63) is 59.8 Å². The van der Waals surface area contributed by atoms with Crippen molar-refractivity contribution in [2.75, 3.05) is 19.7 Å². The fourth-order valence-corrected chi connectivity index (χ4v) is 3.09. The van der Waals surface area contributed by atoms with Gasteiger partial charge in [-0.25, -0.2) is 4.98 Å². The summed E-state index contributed by atoms with van der Waals surface area (Å²) < 4.78 is 5.77. The summed E-state index contributed by atoms with van der Waals surface area (Å²) in [5.41, 5.74) is 1.72. The van der Waals surface area contributed by atoms with Crippen molar-refractivity contribution in [1.82, 2.24) is 9.88 Å². The first kappa shape index (κ1) is 18.1. The highest BCUT2D eigenvalue weighted by Crippen LogP contribution is 2.20. The molecule has 0 spiro atoms. The van der Waals surface area contributed by atoms with Crippen LogP contribution < -0.4 is 4.74 Å². The Morgan fingerprint density at radius 2 is 2.00 bits per heavy atom. The number of likely N-dealkylation sites (tertiary alicyclic amines) is 1. The number of ether oxygens (including phenoxy) is 1. The van der Waals surface area contributed by atoms with E-state index >= 15 is 0 Å². The average Bonchev–Trinajstić information content (AvgIpc) is 2.69. The molecule has 1 aliphatic rings. The molecule has 136 valence electrons. The topological polar surface area (TPSA) is 75.0 Å². The van der Waals surface area contributed by atoms with E-state index in [-0.39, 0.29) is 0 Å². The summed E-state index contributed by atoms with van der Waals surface area (Å²) in [6.07, 6.45) is 4.50. The molecule has 1 fully saturated rings. The zero-order valence-corrected chi connectivity index (χ0v) is 14.6. The monoisotopic (exact) mass is 353 g/mol. The third-order valence-corrected chi connectivity index (χ3v) is 4.62. The maximum atomic E-state index is 11.5. The summed E-state index contributed by atoms with van der Waals surface area (Å²) in [6.45, 7) is 3.79. The van der Waals surface area contributed by atoms with Crippen molar-refractivity contribution >= 4 is 12.0 Å². The van der Waals surface area contributed by atoms with E-state index in [2.05, 4.69) is 39.3 Å². The molecule has 6 heteroatoms. The van der Waals surface area contributed by atoms with Gasteiger partial charge in [-0.3, -0.25) is 9.69 Å². The number of pyridine rings is 1. The highest BCUT2D eigenvalue weighted by Gasteiger charge is 2.20. The van der Waals surface area contributed by atoms with Crippen LogP contribution in [0.5, 0.6) is 5.88 Å². The first-order valence-electron chi connectivity index (χ1n) is 8.81. The Morgan fingerprint density at radius 3 is 2.65 bits per heavy atom. The lowest BCUT2D eigenvalue weighted by Gasteiger charge is -2.31. The first-order chi connectivity index (χ1) is 12.7. The number of ketones is 1. The third kappa shape index (κ3) is 5.13. The Balaban J connectivity index is 1.41. The Bertz CT molecular complexity index is 724. The van der Waals surface area contributed by atoms with Crippen LogP contribution in [0.2, 0.25) is 0 Å². The molecule has 1 aromatic carbocycles. The summed E-state index contributed by atoms with van der Waals surface area (Å²) in [5, 5.41) is 11.1. The van der Waals surface area contributed by atoms with Crippen molar-refractivity contribution in [3.8, 4) is 5.88 Å². The molecule has 0 radical (unpaired) electrons. The second-order valence-corrected chi connectivity index (χ2v) is 6.51. The number of carbonyl (C=O) groups excluding carboxylic acids is 1. The number of Topliss-reactive ketones (excluding diaryl/α,β-unsaturated/α-hetero) is 1. The Kier molecular flexibility index (Phi) is 6.33. The van der Waals surface area contributed by atoms with Gasteiger partial charge in [0.1, 0.15) is 6.21 Å². The molecule has 0 bridgehead atoms. The largest absolute Gasteiger partial charge is 0.477 e. The molecule has 1 aliphatic heterocycles. The highest BCUT2D eigenvalue weighted by molar-refractivity contribution is 6.35. The van der Waals surface area contributed by atoms with Gasteiger partial charge in [0, 0.05) is 24.4 Å². The van der Waals surface area contributed by atoms with Crippen molar-refractivity contribution in [3.63, 3.8) is 0 Å². The normalized spacial score (nSPS) is 16.0. The molecule has 2 aromatic rings. The molecule has 1 N–H and O–H groups in total. The summed E-state index contributed by atoms with van der Waals surface area (Å²) in [6, 6.07) is 13.8. The van der Waals surface area contributed by atoms with Crippen molar-refractivity contribution in [2.24, 2.45) is 11.1 Å². The summed E-state index contributed by atoms with van der Waals surface area (Å²) in [7, 11) is 0. The van der Waals surface area contributed by atoms with Crippen LogP contribution in [0.15, 0.2) is 53.8 Å². The smallest absolute Gasteiger partial charge is 0.213 e. The Labute approximate surface area is 153 Å². The number of aromatic nitrogens is 1. The average molecular weight is 353 g/mol. The van der Waals surface area contributed by atoms with Gasteiger partial charge in [-0.1, -0.05) is 35.5 Å². The van der Waals surface area contributed by atoms with E-state index in [1.54, 1.807) is 12.1 Å². The number of rotatable bonds is 7. The number of benzene rings is 1. The van der Waals surface area contributed by atoms with E-state index in [4.69, 9.17) is 9.94 Å². The minimum atomic E-state index is -0.391. The first-order valence-corrected chi connectivity index (χ1v) is 8.81. The number of hydrogen-bond donors (Lipinski definition) is 1. The number of oxime groups is 1. The van der Waals surface area contributed by atoms with Gasteiger partial charge in [-0.15, -0.1) is 0 Å². The zero-order chi connectivity index (χ0) is 18.2. The number of piperidine rings is 1. The molecule has 0 aliphatic carbocycles. The van der Waals surface area contributed by atoms with Gasteiger partial charge in [-0.05, 0) is 43.5 Å². The van der Waals surface area contributed by atoms with Gasteiger partial charge in [0.25, 0.3) is 0 Å². The van der Waals surface area contributed by atoms with E-state index in [9.17, 15) is 4.79 Å². The quantitative estimate of drug-likeness (QED) is 0.358. The zero-order valence-electron chi connectivity index (χ0n) is 14.6. The van der Waals surface area contributed by atoms with E-state index in [0.717, 1.165) is 38.7 Å². The molecule has 26 heavy (non-hydrogen) atoms. The molecule has 6 nitrogen and oxygen atoms in total. The Hall–Kier alpha value is -2.73. The van der Waals surface area contributed by atoms with Crippen LogP contribution in [0, 0.1) is 5.92 Å². The van der Waals surface area contributed by atoms with Gasteiger partial charge in [0.15, 0.2) is 0 Å². The second kappa shape index (κ2) is 9.10. The fraction of sp³-hybridized carbons (Fsp3) is 0.350. The molecule has 0 amide bonds. The SMILES string of the molecule is O=C(/C=N/O)c1ccc(OCC2CCN(Cc3ccccc3)CC2)nc1. The number of carbonyl (C=O) groups is 1. The standard InChI is InChI=1S/C20H23N3O3/c24-19(13-22-25)18-6-7-20(21-12-18)26-15-17-8-10-23(11-9-17)14-16-4-2-1-3-5-16/h1-7,12-13,17,25H,8-11,14-15H2/b22-13+. The maximum absolute atomic E-state index is 11.5. The third-order valence-electron chi connectivity index (χ3n) is 4.62. The minimum Gasteiger partial charge on any atom is -0.477 e. The Morgan fingerprint density at radius 1 is 1.23 bits per heavy atom. The van der Waals surface area contributed by atoms with Gasteiger partial charge < -0.3 is 9.94 Å². The van der Waals surface area contributed by atoms with E-state index in [1.165, 1.54) is 11.8 Å². The van der Waals surface area contributed by atoms with Crippen LogP contribution >= 0.6 is 0 Å². The number of hydrogen-bond acceptors (Lipinski definition) is 6. The minimum absolute atomic E-state index is 0.365. The molecule has 3 rings (SSSR count). The molecule has 0 saturated carbocycles. The van der Waals surface area contributed by atoms with Gasteiger partial charge in [-0.2, -0.15) is 0 Å². The predicted molar refractivity (Wildman–Crippen MR) is 98.8 cm³/mol. The molecule has 2 heterocycles. The molecule has 1 aromatic heterocycles. The van der Waals surface area contributed by atoms with Crippen LogP contribution in [-0.2, 0) is 6.54 Å². The molecular formula is C20H23N3O3. The predicted octanol–water partition coefficient (Wildman–Crippen LogP) is 3.02.